The molecule has 0 saturated carbocycles. The SMILES string of the molecule is CCCCCCCC(C)CCCC(C)CCC(OC(=O)CCCN(C)C)C(C)(C)C(C)(C)/C=C\COC(C)=O. The summed E-state index contributed by atoms with van der Waals surface area (Å²) in [6.45, 7) is 18.4. The molecule has 0 radical (unpaired) electrons. The molecule has 0 aromatic carbocycles. The first-order chi connectivity index (χ1) is 18.2. The van der Waals surface area contributed by atoms with Crippen LogP contribution in [-0.4, -0.2) is 50.2 Å². The van der Waals surface area contributed by atoms with Crippen molar-refractivity contribution in [3.63, 3.8) is 0 Å². The van der Waals surface area contributed by atoms with Gasteiger partial charge in [-0.3, -0.25) is 9.59 Å². The number of ether oxygens (including phenoxy) is 2. The van der Waals surface area contributed by atoms with Crippen LogP contribution >= 0.6 is 0 Å². The molecule has 0 fully saturated rings. The van der Waals surface area contributed by atoms with Gasteiger partial charge in [0.05, 0.1) is 0 Å². The lowest BCUT2D eigenvalue weighted by molar-refractivity contribution is -0.160. The van der Waals surface area contributed by atoms with Crippen LogP contribution in [-0.2, 0) is 19.1 Å². The number of nitrogens with zero attached hydrogens (tertiary/aromatic N) is 1. The van der Waals surface area contributed by atoms with Crippen molar-refractivity contribution in [1.82, 2.24) is 4.90 Å². The normalized spacial score (nSPS) is 14.9. The third-order valence-electron chi connectivity index (χ3n) is 8.76. The molecule has 230 valence electrons. The van der Waals surface area contributed by atoms with Crippen molar-refractivity contribution < 1.29 is 19.1 Å². The van der Waals surface area contributed by atoms with Gasteiger partial charge in [0, 0.05) is 18.8 Å². The molecule has 0 amide bonds. The number of carbonyl (C=O) groups is 2. The first-order valence-corrected chi connectivity index (χ1v) is 15.9. The van der Waals surface area contributed by atoms with Gasteiger partial charge in [0.15, 0.2) is 0 Å². The summed E-state index contributed by atoms with van der Waals surface area (Å²) >= 11 is 0. The Morgan fingerprint density at radius 2 is 1.41 bits per heavy atom. The highest BCUT2D eigenvalue weighted by Gasteiger charge is 2.43. The van der Waals surface area contributed by atoms with Crippen molar-refractivity contribution in [2.24, 2.45) is 22.7 Å². The largest absolute Gasteiger partial charge is 0.462 e. The Kier molecular flexibility index (Phi) is 19.8. The molecule has 0 bridgehead atoms. The summed E-state index contributed by atoms with van der Waals surface area (Å²) in [6.07, 6.45) is 19.0. The third kappa shape index (κ3) is 17.8. The van der Waals surface area contributed by atoms with Gasteiger partial charge in [0.2, 0.25) is 0 Å². The van der Waals surface area contributed by atoms with Gasteiger partial charge in [-0.05, 0) is 57.2 Å². The zero-order valence-corrected chi connectivity index (χ0v) is 27.6. The first kappa shape index (κ1) is 37.6. The van der Waals surface area contributed by atoms with Gasteiger partial charge in [0.25, 0.3) is 0 Å². The smallest absolute Gasteiger partial charge is 0.306 e. The lowest BCUT2D eigenvalue weighted by atomic mass is 9.63. The Morgan fingerprint density at radius 3 is 2.00 bits per heavy atom. The van der Waals surface area contributed by atoms with Crippen LogP contribution < -0.4 is 0 Å². The number of unbranched alkanes of at least 4 members (excludes halogenated alkanes) is 4. The first-order valence-electron chi connectivity index (χ1n) is 15.9. The van der Waals surface area contributed by atoms with E-state index in [-0.39, 0.29) is 35.5 Å². The molecule has 0 aliphatic heterocycles. The van der Waals surface area contributed by atoms with Crippen LogP contribution in [0.2, 0.25) is 0 Å². The fourth-order valence-corrected chi connectivity index (χ4v) is 5.10. The van der Waals surface area contributed by atoms with E-state index in [2.05, 4.69) is 59.4 Å². The van der Waals surface area contributed by atoms with E-state index < -0.39 is 0 Å². The second-order valence-electron chi connectivity index (χ2n) is 13.5. The van der Waals surface area contributed by atoms with Gasteiger partial charge in [0.1, 0.15) is 12.7 Å². The monoisotopic (exact) mass is 551 g/mol. The molecule has 0 aliphatic rings. The lowest BCUT2D eigenvalue weighted by Gasteiger charge is -2.45. The zero-order chi connectivity index (χ0) is 29.9. The minimum atomic E-state index is -0.289. The van der Waals surface area contributed by atoms with Crippen LogP contribution in [0.5, 0.6) is 0 Å². The van der Waals surface area contributed by atoms with Crippen LogP contribution in [0.3, 0.4) is 0 Å². The fraction of sp³-hybridized carbons (Fsp3) is 0.882. The zero-order valence-electron chi connectivity index (χ0n) is 27.6. The Morgan fingerprint density at radius 1 is 0.821 bits per heavy atom. The maximum atomic E-state index is 12.9. The summed E-state index contributed by atoms with van der Waals surface area (Å²) in [7, 11) is 4.05. The van der Waals surface area contributed by atoms with Crippen molar-refractivity contribution >= 4 is 11.9 Å². The Hall–Kier alpha value is -1.36. The summed E-state index contributed by atoms with van der Waals surface area (Å²) < 4.78 is 11.3. The minimum Gasteiger partial charge on any atom is -0.462 e. The Labute approximate surface area is 242 Å². The van der Waals surface area contributed by atoms with E-state index in [1.54, 1.807) is 0 Å². The standard InChI is InChI=1S/C34H65NO4/c1-11-12-13-14-15-19-28(2)20-16-21-29(3)23-24-31(39-32(37)22-17-26-35(9)10)34(7,8)33(5,6)25-18-27-38-30(4)36/h18,25,28-29,31H,11-17,19-24,26-27H2,1-10H3/b25-18-. The molecule has 39 heavy (non-hydrogen) atoms. The number of rotatable bonds is 23. The molecular weight excluding hydrogens is 486 g/mol. The number of allylic oxidation sites excluding steroid dienone is 1. The molecule has 0 heterocycles. The van der Waals surface area contributed by atoms with Crippen molar-refractivity contribution in [2.75, 3.05) is 27.2 Å². The van der Waals surface area contributed by atoms with Crippen molar-refractivity contribution in [1.29, 1.82) is 0 Å². The fourth-order valence-electron chi connectivity index (χ4n) is 5.10. The molecule has 0 saturated heterocycles. The highest BCUT2D eigenvalue weighted by atomic mass is 16.5. The summed E-state index contributed by atoms with van der Waals surface area (Å²) in [6, 6.07) is 0. The Bertz CT molecular complexity index is 683. The van der Waals surface area contributed by atoms with E-state index in [1.807, 2.05) is 20.2 Å². The molecular formula is C34H65NO4. The molecule has 0 spiro atoms. The lowest BCUT2D eigenvalue weighted by Crippen LogP contribution is -2.44. The highest BCUT2D eigenvalue weighted by Crippen LogP contribution is 2.45. The predicted octanol–water partition coefficient (Wildman–Crippen LogP) is 8.99. The molecule has 3 atom stereocenters. The van der Waals surface area contributed by atoms with Gasteiger partial charge in [-0.25, -0.2) is 0 Å². The van der Waals surface area contributed by atoms with Crippen LogP contribution in [0.4, 0.5) is 0 Å². The van der Waals surface area contributed by atoms with E-state index in [0.717, 1.165) is 31.7 Å². The van der Waals surface area contributed by atoms with E-state index in [9.17, 15) is 9.59 Å². The molecule has 0 aliphatic carbocycles. The van der Waals surface area contributed by atoms with E-state index >= 15 is 0 Å². The van der Waals surface area contributed by atoms with Crippen LogP contribution in [0.25, 0.3) is 0 Å². The summed E-state index contributed by atoms with van der Waals surface area (Å²) in [5, 5.41) is 0. The quantitative estimate of drug-likeness (QED) is 0.0720. The molecule has 0 rings (SSSR count). The van der Waals surface area contributed by atoms with Crippen LogP contribution in [0, 0.1) is 22.7 Å². The average Bonchev–Trinajstić information content (AvgIpc) is 2.83. The second-order valence-corrected chi connectivity index (χ2v) is 13.5. The number of carbonyl (C=O) groups excluding carboxylic acids is 2. The average molecular weight is 552 g/mol. The van der Waals surface area contributed by atoms with Crippen molar-refractivity contribution in [3.8, 4) is 0 Å². The van der Waals surface area contributed by atoms with E-state index in [1.165, 1.54) is 64.7 Å². The molecule has 5 heteroatoms. The van der Waals surface area contributed by atoms with Gasteiger partial charge in [-0.2, -0.15) is 0 Å². The van der Waals surface area contributed by atoms with Gasteiger partial charge < -0.3 is 14.4 Å². The maximum Gasteiger partial charge on any atom is 0.306 e. The number of hydrogen-bond acceptors (Lipinski definition) is 5. The minimum absolute atomic E-state index is 0.102. The van der Waals surface area contributed by atoms with E-state index in [0.29, 0.717) is 12.3 Å². The van der Waals surface area contributed by atoms with Gasteiger partial charge in [-0.15, -0.1) is 0 Å². The van der Waals surface area contributed by atoms with Crippen molar-refractivity contribution in [2.45, 2.75) is 145 Å². The Balaban J connectivity index is 5.05. The summed E-state index contributed by atoms with van der Waals surface area (Å²) in [5.41, 5.74) is -0.541. The van der Waals surface area contributed by atoms with Crippen molar-refractivity contribution in [3.05, 3.63) is 12.2 Å². The maximum absolute atomic E-state index is 12.9. The number of hydrogen-bond donors (Lipinski definition) is 0. The van der Waals surface area contributed by atoms with E-state index in [4.69, 9.17) is 9.47 Å². The molecule has 0 aromatic rings. The second kappa shape index (κ2) is 20.5. The predicted molar refractivity (Wildman–Crippen MR) is 166 cm³/mol. The molecule has 0 N–H and O–H groups in total. The van der Waals surface area contributed by atoms with Gasteiger partial charge in [-0.1, -0.05) is 118 Å². The summed E-state index contributed by atoms with van der Waals surface area (Å²) in [5.74, 6) is 1.04. The van der Waals surface area contributed by atoms with Gasteiger partial charge >= 0.3 is 11.9 Å². The highest BCUT2D eigenvalue weighted by molar-refractivity contribution is 5.69. The molecule has 0 aromatic heterocycles. The molecule has 3 unspecified atom stereocenters. The topological polar surface area (TPSA) is 55.8 Å². The third-order valence-corrected chi connectivity index (χ3v) is 8.76. The summed E-state index contributed by atoms with van der Waals surface area (Å²) in [4.78, 5) is 26.1. The molecule has 5 nitrogen and oxygen atoms in total. The van der Waals surface area contributed by atoms with Crippen LogP contribution in [0.1, 0.15) is 139 Å². The van der Waals surface area contributed by atoms with Crippen LogP contribution in [0.15, 0.2) is 12.2 Å². The number of esters is 2.